The lowest BCUT2D eigenvalue weighted by molar-refractivity contribution is -0.447. The number of alkyl halides is 15. The number of sulfonamides is 1. The van der Waals surface area contributed by atoms with Crippen molar-refractivity contribution >= 4 is 10.0 Å². The van der Waals surface area contributed by atoms with Crippen molar-refractivity contribution in [2.24, 2.45) is 0 Å². The number of halogens is 15. The average molecular weight is 518 g/mol. The zero-order valence-corrected chi connectivity index (χ0v) is 15.0. The highest BCUT2D eigenvalue weighted by atomic mass is 32.2. The Morgan fingerprint density at radius 2 is 0.871 bits per heavy atom. The maximum absolute atomic E-state index is 13.8. The van der Waals surface area contributed by atoms with E-state index in [0.29, 0.717) is 0 Å². The van der Waals surface area contributed by atoms with E-state index in [-0.39, 0.29) is 0 Å². The van der Waals surface area contributed by atoms with Gasteiger partial charge >= 0.3 is 41.0 Å². The van der Waals surface area contributed by atoms with Crippen molar-refractivity contribution in [3.63, 3.8) is 0 Å². The molecule has 4 nitrogen and oxygen atoms in total. The average Bonchev–Trinajstić information content (AvgIpc) is 2.60. The Hall–Kier alpha value is -1.18. The summed E-state index contributed by atoms with van der Waals surface area (Å²) in [7, 11) is -7.03. The van der Waals surface area contributed by atoms with Gasteiger partial charge in [-0.2, -0.15) is 70.2 Å². The molecule has 1 saturated heterocycles. The third-order valence-corrected chi connectivity index (χ3v) is 5.99. The number of hydrogen-bond donors (Lipinski definition) is 1. The molecule has 1 heterocycles. The fraction of sp³-hybridized carbons (Fsp3) is 1.00. The van der Waals surface area contributed by atoms with E-state index in [1.165, 1.54) is 0 Å². The quantitative estimate of drug-likeness (QED) is 0.525. The minimum atomic E-state index is -8.52. The summed E-state index contributed by atoms with van der Waals surface area (Å²) >= 11 is 0. The number of hydrogen-bond acceptors (Lipinski definition) is 3. The van der Waals surface area contributed by atoms with Gasteiger partial charge in [0.1, 0.15) is 0 Å². The standard InChI is InChI=1S/C11H9F15N2O2S/c12-5(13,6(14,15)8(18,19)10(22,23)24)7(16,17)9(20,21)11(25,26)31(29,30)28-3-1-27-2-4-28/h27H,1-4H2. The first-order valence-corrected chi connectivity index (χ1v) is 8.83. The minimum Gasteiger partial charge on any atom is -0.314 e. The highest BCUT2D eigenvalue weighted by molar-refractivity contribution is 7.90. The summed E-state index contributed by atoms with van der Waals surface area (Å²) in [5, 5.41) is -5.05. The summed E-state index contributed by atoms with van der Waals surface area (Å²) < 4.78 is 219. The fourth-order valence-electron chi connectivity index (χ4n) is 2.16. The molecular weight excluding hydrogens is 509 g/mol. The third-order valence-electron chi connectivity index (χ3n) is 4.04. The molecule has 0 aromatic rings. The van der Waals surface area contributed by atoms with Gasteiger partial charge in [0.25, 0.3) is 10.0 Å². The molecule has 186 valence electrons. The van der Waals surface area contributed by atoms with Crippen LogP contribution in [0.2, 0.25) is 0 Å². The minimum absolute atomic E-state index is 0.538. The van der Waals surface area contributed by atoms with Gasteiger partial charge in [-0.1, -0.05) is 0 Å². The van der Waals surface area contributed by atoms with E-state index in [9.17, 15) is 74.3 Å². The highest BCUT2D eigenvalue weighted by Gasteiger charge is 2.94. The van der Waals surface area contributed by atoms with Crippen molar-refractivity contribution in [1.82, 2.24) is 9.62 Å². The number of nitrogens with zero attached hydrogens (tertiary/aromatic N) is 1. The smallest absolute Gasteiger partial charge is 0.314 e. The second-order valence-electron chi connectivity index (χ2n) is 6.04. The van der Waals surface area contributed by atoms with Crippen LogP contribution in [0, 0.1) is 0 Å². The van der Waals surface area contributed by atoms with E-state index >= 15 is 0 Å². The molecule has 0 saturated carbocycles. The zero-order valence-electron chi connectivity index (χ0n) is 14.2. The second kappa shape index (κ2) is 7.42. The van der Waals surface area contributed by atoms with Crippen LogP contribution < -0.4 is 5.32 Å². The molecule has 0 atom stereocenters. The van der Waals surface area contributed by atoms with E-state index in [0.717, 1.165) is 0 Å². The van der Waals surface area contributed by atoms with Crippen LogP contribution >= 0.6 is 0 Å². The van der Waals surface area contributed by atoms with Gasteiger partial charge < -0.3 is 5.32 Å². The predicted molar refractivity (Wildman–Crippen MR) is 69.1 cm³/mol. The normalized spacial score (nSPS) is 19.6. The van der Waals surface area contributed by atoms with Gasteiger partial charge in [-0.3, -0.25) is 0 Å². The largest absolute Gasteiger partial charge is 0.460 e. The Bertz CT molecular complexity index is 770. The van der Waals surface area contributed by atoms with Crippen molar-refractivity contribution < 1.29 is 74.3 Å². The molecule has 31 heavy (non-hydrogen) atoms. The van der Waals surface area contributed by atoms with E-state index in [2.05, 4.69) is 5.32 Å². The summed E-state index contributed by atoms with van der Waals surface area (Å²) in [4.78, 5) is 0. The van der Waals surface area contributed by atoms with Gasteiger partial charge in [-0.25, -0.2) is 8.42 Å². The summed E-state index contributed by atoms with van der Waals surface area (Å²) in [6, 6.07) is 0. The summed E-state index contributed by atoms with van der Waals surface area (Å²) in [6.07, 6.45) is -7.72. The van der Waals surface area contributed by atoms with Gasteiger partial charge in [0, 0.05) is 26.2 Å². The molecule has 1 rings (SSSR count). The Morgan fingerprint density at radius 3 is 1.23 bits per heavy atom. The molecule has 1 aliphatic rings. The molecule has 1 aliphatic heterocycles. The Morgan fingerprint density at radius 1 is 0.548 bits per heavy atom. The molecular formula is C11H9F15N2O2S. The van der Waals surface area contributed by atoms with Crippen LogP contribution in [0.3, 0.4) is 0 Å². The first kappa shape index (κ1) is 27.9. The van der Waals surface area contributed by atoms with Crippen LogP contribution in [0.25, 0.3) is 0 Å². The van der Waals surface area contributed by atoms with Gasteiger partial charge in [0.2, 0.25) is 0 Å². The number of nitrogens with one attached hydrogen (secondary N) is 1. The molecule has 0 aliphatic carbocycles. The predicted octanol–water partition coefficient (Wildman–Crippen LogP) is 3.55. The first-order valence-electron chi connectivity index (χ1n) is 7.39. The maximum Gasteiger partial charge on any atom is 0.460 e. The monoisotopic (exact) mass is 518 g/mol. The molecule has 0 unspecified atom stereocenters. The molecule has 0 aromatic heterocycles. The summed E-state index contributed by atoms with van der Waals surface area (Å²) in [6.45, 7) is -3.30. The van der Waals surface area contributed by atoms with Crippen molar-refractivity contribution in [2.45, 2.75) is 41.0 Å². The lowest BCUT2D eigenvalue weighted by Crippen LogP contribution is -2.74. The Labute approximate surface area is 162 Å². The molecule has 0 aromatic carbocycles. The van der Waals surface area contributed by atoms with Gasteiger partial charge in [-0.05, 0) is 0 Å². The molecule has 0 bridgehead atoms. The molecule has 20 heteroatoms. The lowest BCUT2D eigenvalue weighted by atomic mass is 9.94. The molecule has 0 spiro atoms. The van der Waals surface area contributed by atoms with Crippen LogP contribution in [0.5, 0.6) is 0 Å². The van der Waals surface area contributed by atoms with Crippen molar-refractivity contribution in [3.05, 3.63) is 0 Å². The zero-order chi connectivity index (χ0) is 25.1. The van der Waals surface area contributed by atoms with E-state index in [1.807, 2.05) is 0 Å². The summed E-state index contributed by atoms with van der Waals surface area (Å²) in [5.41, 5.74) is 0. The van der Waals surface area contributed by atoms with Crippen molar-refractivity contribution in [2.75, 3.05) is 26.2 Å². The van der Waals surface area contributed by atoms with Gasteiger partial charge in [0.05, 0.1) is 0 Å². The van der Waals surface area contributed by atoms with Crippen LogP contribution in [0.4, 0.5) is 65.9 Å². The van der Waals surface area contributed by atoms with Crippen molar-refractivity contribution in [1.29, 1.82) is 0 Å². The molecule has 1 N–H and O–H groups in total. The van der Waals surface area contributed by atoms with Crippen LogP contribution in [-0.4, -0.2) is 79.9 Å². The van der Waals surface area contributed by atoms with E-state index in [1.54, 1.807) is 0 Å². The topological polar surface area (TPSA) is 49.4 Å². The summed E-state index contributed by atoms with van der Waals surface area (Å²) in [5.74, 6) is -41.6. The number of rotatable bonds is 7. The second-order valence-corrected chi connectivity index (χ2v) is 8.02. The molecule has 1 fully saturated rings. The van der Waals surface area contributed by atoms with Crippen LogP contribution in [0.1, 0.15) is 0 Å². The SMILES string of the molecule is O=S(=O)(N1CCNCC1)C(F)(F)C(F)(F)C(F)(F)C(F)(F)C(F)(F)C(F)(F)C(F)(F)F. The molecule has 0 amide bonds. The Balaban J connectivity index is 3.61. The Kier molecular flexibility index (Phi) is 6.67. The third kappa shape index (κ3) is 3.61. The lowest BCUT2D eigenvalue weighted by Gasteiger charge is -2.42. The van der Waals surface area contributed by atoms with Crippen LogP contribution in [0.15, 0.2) is 0 Å². The first-order chi connectivity index (χ1) is 13.4. The fourth-order valence-corrected chi connectivity index (χ4v) is 3.60. The van der Waals surface area contributed by atoms with Gasteiger partial charge in [0.15, 0.2) is 0 Å². The van der Waals surface area contributed by atoms with Crippen LogP contribution in [-0.2, 0) is 10.0 Å². The maximum atomic E-state index is 13.8. The van der Waals surface area contributed by atoms with E-state index in [4.69, 9.17) is 0 Å². The van der Waals surface area contributed by atoms with Crippen molar-refractivity contribution in [3.8, 4) is 0 Å². The van der Waals surface area contributed by atoms with Gasteiger partial charge in [-0.15, -0.1) is 0 Å². The molecule has 0 radical (unpaired) electrons. The number of piperazine rings is 1. The van der Waals surface area contributed by atoms with E-state index < -0.39 is 81.6 Å². The highest BCUT2D eigenvalue weighted by Crippen LogP contribution is 2.63.